The van der Waals surface area contributed by atoms with Crippen molar-refractivity contribution in [1.29, 1.82) is 0 Å². The zero-order chi connectivity index (χ0) is 27.6. The first-order valence-corrected chi connectivity index (χ1v) is 16.7. The van der Waals surface area contributed by atoms with E-state index in [9.17, 15) is 17.9 Å². The highest BCUT2D eigenvalue weighted by atomic mass is 32.2. The van der Waals surface area contributed by atoms with Gasteiger partial charge in [-0.2, -0.15) is 0 Å². The molecule has 1 rings (SSSR count). The van der Waals surface area contributed by atoms with E-state index in [-0.39, 0.29) is 19.8 Å². The zero-order valence-corrected chi connectivity index (χ0v) is 24.9. The number of phosphoric acid groups is 1. The van der Waals surface area contributed by atoms with Crippen LogP contribution in [-0.2, 0) is 34.8 Å². The fourth-order valence-electron chi connectivity index (χ4n) is 3.70. The highest BCUT2D eigenvalue weighted by Crippen LogP contribution is 2.38. The van der Waals surface area contributed by atoms with Gasteiger partial charge in [0, 0.05) is 6.61 Å². The predicted molar refractivity (Wildman–Crippen MR) is 147 cm³/mol. The van der Waals surface area contributed by atoms with Crippen molar-refractivity contribution >= 4 is 17.8 Å². The van der Waals surface area contributed by atoms with E-state index in [1.54, 1.807) is 0 Å². The van der Waals surface area contributed by atoms with Crippen LogP contribution in [-0.4, -0.2) is 79.3 Å². The second-order valence-electron chi connectivity index (χ2n) is 10.7. The van der Waals surface area contributed by atoms with Gasteiger partial charge in [-0.3, -0.25) is 4.57 Å². The molecule has 0 bridgehead atoms. The molecule has 0 heterocycles. The minimum atomic E-state index is -4.53. The van der Waals surface area contributed by atoms with Crippen molar-refractivity contribution in [2.24, 2.45) is 0 Å². The molecule has 0 aliphatic heterocycles. The molecule has 1 aromatic rings. The van der Waals surface area contributed by atoms with Gasteiger partial charge in [-0.05, 0) is 24.8 Å². The van der Waals surface area contributed by atoms with Crippen LogP contribution in [0.4, 0.5) is 0 Å². The van der Waals surface area contributed by atoms with Crippen molar-refractivity contribution in [1.82, 2.24) is 4.72 Å². The quantitative estimate of drug-likeness (QED) is 0.122. The first-order chi connectivity index (χ1) is 17.4. The van der Waals surface area contributed by atoms with E-state index in [4.69, 9.17) is 13.8 Å². The summed E-state index contributed by atoms with van der Waals surface area (Å²) in [5, 5.41) is 0. The number of benzene rings is 1. The Bertz CT molecular complexity index is 863. The van der Waals surface area contributed by atoms with Crippen LogP contribution in [0.5, 0.6) is 0 Å². The van der Waals surface area contributed by atoms with Crippen LogP contribution in [0.1, 0.15) is 63.4 Å². The molecular formula is C26H49N2O7PS. The number of rotatable bonds is 23. The summed E-state index contributed by atoms with van der Waals surface area (Å²) in [6.45, 7) is 0.590. The number of nitrogens with one attached hydrogen (secondary N) is 1. The molecular weight excluding hydrogens is 515 g/mol. The van der Waals surface area contributed by atoms with E-state index < -0.39 is 23.9 Å². The summed E-state index contributed by atoms with van der Waals surface area (Å²) >= 11 is 0. The lowest BCUT2D eigenvalue weighted by atomic mass is 10.0. The molecule has 0 radical (unpaired) electrons. The first kappa shape index (κ1) is 34.2. The lowest BCUT2D eigenvalue weighted by molar-refractivity contribution is -0.870. The van der Waals surface area contributed by atoms with Crippen LogP contribution >= 0.6 is 7.82 Å². The molecule has 0 aromatic heterocycles. The second kappa shape index (κ2) is 18.4. The Kier molecular flexibility index (Phi) is 17.0. The van der Waals surface area contributed by atoms with Gasteiger partial charge in [0.1, 0.15) is 13.2 Å². The van der Waals surface area contributed by atoms with E-state index in [0.29, 0.717) is 17.6 Å². The monoisotopic (exact) mass is 564 g/mol. The van der Waals surface area contributed by atoms with Gasteiger partial charge in [-0.25, -0.2) is 13.1 Å². The number of quaternary nitrogens is 1. The smallest absolute Gasteiger partial charge is 0.268 e. The summed E-state index contributed by atoms with van der Waals surface area (Å²) in [6, 6.07) is 9.81. The Balaban J connectivity index is 2.10. The van der Waals surface area contributed by atoms with Crippen LogP contribution in [0.25, 0.3) is 0 Å². The van der Waals surface area contributed by atoms with E-state index >= 15 is 0 Å². The van der Waals surface area contributed by atoms with Crippen LogP contribution < -0.4 is 9.62 Å². The fraction of sp³-hybridized carbons (Fsp3) is 0.769. The second-order valence-corrected chi connectivity index (χ2v) is 13.9. The number of nitrogens with zero attached hydrogens (tertiary/aromatic N) is 1. The molecule has 1 N–H and O–H groups in total. The molecule has 0 fully saturated rings. The molecule has 11 heteroatoms. The number of hydrogen-bond acceptors (Lipinski definition) is 7. The van der Waals surface area contributed by atoms with Crippen LogP contribution in [0, 0.1) is 0 Å². The number of ether oxygens (including phenoxy) is 1. The highest BCUT2D eigenvalue weighted by molar-refractivity contribution is 7.88. The number of phosphoric ester groups is 1. The third kappa shape index (κ3) is 21.8. The van der Waals surface area contributed by atoms with Crippen LogP contribution in [0.15, 0.2) is 30.3 Å². The van der Waals surface area contributed by atoms with E-state index in [2.05, 4.69) is 35.1 Å². The van der Waals surface area contributed by atoms with Gasteiger partial charge < -0.3 is 23.2 Å². The molecule has 1 aromatic carbocycles. The third-order valence-electron chi connectivity index (χ3n) is 5.74. The van der Waals surface area contributed by atoms with Gasteiger partial charge in [-0.15, -0.1) is 0 Å². The number of sulfonamides is 1. The maximum absolute atomic E-state index is 12.0. The van der Waals surface area contributed by atoms with Crippen molar-refractivity contribution in [3.8, 4) is 0 Å². The van der Waals surface area contributed by atoms with Gasteiger partial charge in [0.2, 0.25) is 10.0 Å². The van der Waals surface area contributed by atoms with E-state index in [0.717, 1.165) is 31.9 Å². The molecule has 0 amide bonds. The minimum Gasteiger partial charge on any atom is -0.756 e. The molecule has 0 saturated heterocycles. The number of unbranched alkanes of at least 4 members (excludes halogenated alkanes) is 8. The van der Waals surface area contributed by atoms with Crippen LogP contribution in [0.2, 0.25) is 0 Å². The van der Waals surface area contributed by atoms with Gasteiger partial charge in [-0.1, -0.05) is 75.3 Å². The molecule has 2 atom stereocenters. The average molecular weight is 565 g/mol. The van der Waals surface area contributed by atoms with Gasteiger partial charge in [0.05, 0.1) is 46.7 Å². The van der Waals surface area contributed by atoms with Crippen molar-refractivity contribution < 1.29 is 36.1 Å². The largest absolute Gasteiger partial charge is 0.756 e. The SMILES string of the molecule is C[N+](C)(C)CCOP(=O)([O-])OC[C@@H](COCCCCCCCCCCCc1ccccc1)NS(C)(=O)=O. The first-order valence-electron chi connectivity index (χ1n) is 13.4. The summed E-state index contributed by atoms with van der Waals surface area (Å²) in [5.41, 5.74) is 1.42. The summed E-state index contributed by atoms with van der Waals surface area (Å²) in [4.78, 5) is 12.0. The normalized spacial score (nSPS) is 14.9. The van der Waals surface area contributed by atoms with E-state index in [1.807, 2.05) is 21.1 Å². The topological polar surface area (TPSA) is 114 Å². The summed E-state index contributed by atoms with van der Waals surface area (Å²) in [7, 11) is -2.34. The van der Waals surface area contributed by atoms with Crippen LogP contribution in [0.3, 0.4) is 0 Å². The number of likely N-dealkylation sites (N-methyl/N-ethyl adjacent to an activating group) is 1. The third-order valence-corrected chi connectivity index (χ3v) is 7.47. The Labute approximate surface area is 225 Å². The van der Waals surface area contributed by atoms with E-state index in [1.165, 1.54) is 44.1 Å². The molecule has 0 aliphatic carbocycles. The molecule has 1 unspecified atom stereocenters. The number of aryl methyl sites for hydroxylation is 1. The summed E-state index contributed by atoms with van der Waals surface area (Å²) in [5.74, 6) is 0. The average Bonchev–Trinajstić information content (AvgIpc) is 2.79. The summed E-state index contributed by atoms with van der Waals surface area (Å²) < 4.78 is 53.5. The lowest BCUT2D eigenvalue weighted by Gasteiger charge is -2.28. The predicted octanol–water partition coefficient (Wildman–Crippen LogP) is 3.88. The van der Waals surface area contributed by atoms with Gasteiger partial charge in [0.15, 0.2) is 0 Å². The van der Waals surface area contributed by atoms with Gasteiger partial charge >= 0.3 is 0 Å². The molecule has 37 heavy (non-hydrogen) atoms. The maximum atomic E-state index is 12.0. The highest BCUT2D eigenvalue weighted by Gasteiger charge is 2.19. The van der Waals surface area contributed by atoms with Crippen molar-refractivity contribution in [3.05, 3.63) is 35.9 Å². The molecule has 0 saturated carbocycles. The Morgan fingerprint density at radius 3 is 2.00 bits per heavy atom. The van der Waals surface area contributed by atoms with Crippen molar-refractivity contribution in [2.75, 3.05) is 60.4 Å². The molecule has 216 valence electrons. The molecule has 0 aliphatic rings. The van der Waals surface area contributed by atoms with Crippen molar-refractivity contribution in [3.63, 3.8) is 0 Å². The zero-order valence-electron chi connectivity index (χ0n) is 23.2. The standard InChI is InChI=1S/C26H49N2O7PS/c1-28(2,3)20-22-34-36(29,30)35-24-26(27-37(4,31)32)23-33-21-16-11-9-7-5-6-8-10-13-17-25-18-14-12-15-19-25/h12,14-15,18-19,26-27H,5-11,13,16-17,20-24H2,1-4H3/t26-/m1/s1. The Morgan fingerprint density at radius 1 is 0.865 bits per heavy atom. The fourth-order valence-corrected chi connectivity index (χ4v) is 5.19. The minimum absolute atomic E-state index is 0.0147. The Hall–Kier alpha value is -0.840. The van der Waals surface area contributed by atoms with Gasteiger partial charge in [0.25, 0.3) is 7.82 Å². The maximum Gasteiger partial charge on any atom is 0.268 e. The van der Waals surface area contributed by atoms with Crippen molar-refractivity contribution in [2.45, 2.75) is 70.3 Å². The lowest BCUT2D eigenvalue weighted by Crippen LogP contribution is -2.41. The molecule has 9 nitrogen and oxygen atoms in total. The summed E-state index contributed by atoms with van der Waals surface area (Å²) in [6.07, 6.45) is 12.8. The molecule has 0 spiro atoms. The number of hydrogen-bond donors (Lipinski definition) is 1. The Morgan fingerprint density at radius 2 is 1.43 bits per heavy atom.